The second-order valence-electron chi connectivity index (χ2n) is 5.16. The number of amides is 1. The third-order valence-corrected chi connectivity index (χ3v) is 5.26. The molecule has 1 N–H and O–H groups in total. The first-order valence-electron chi connectivity index (χ1n) is 6.57. The molecule has 1 aliphatic rings. The van der Waals surface area contributed by atoms with Crippen molar-refractivity contribution in [3.8, 4) is 10.6 Å². The van der Waals surface area contributed by atoms with Gasteiger partial charge in [0.15, 0.2) is 0 Å². The molecule has 4 nitrogen and oxygen atoms in total. The van der Waals surface area contributed by atoms with Gasteiger partial charge < -0.3 is 10.0 Å². The first-order valence-corrected chi connectivity index (χ1v) is 8.39. The topological polar surface area (TPSA) is 53.4 Å². The molecule has 3 rings (SSSR count). The number of thiazole rings is 1. The Labute approximate surface area is 125 Å². The van der Waals surface area contributed by atoms with Crippen LogP contribution in [0.15, 0.2) is 22.2 Å². The SMILES string of the molecule is CCC1(O)CN(C(=O)Cc2csc(-c3ccsc3)n2)C1. The third-order valence-electron chi connectivity index (χ3n) is 3.63. The van der Waals surface area contributed by atoms with Crippen molar-refractivity contribution >= 4 is 28.6 Å². The van der Waals surface area contributed by atoms with Crippen LogP contribution in [0.3, 0.4) is 0 Å². The molecule has 1 fully saturated rings. The lowest BCUT2D eigenvalue weighted by Gasteiger charge is -2.46. The van der Waals surface area contributed by atoms with Gasteiger partial charge in [0.05, 0.1) is 30.8 Å². The Hall–Kier alpha value is -1.24. The largest absolute Gasteiger partial charge is 0.386 e. The van der Waals surface area contributed by atoms with Crippen LogP contribution in [0.4, 0.5) is 0 Å². The van der Waals surface area contributed by atoms with Gasteiger partial charge in [0, 0.05) is 16.3 Å². The van der Waals surface area contributed by atoms with E-state index < -0.39 is 5.60 Å². The van der Waals surface area contributed by atoms with Crippen molar-refractivity contribution in [2.75, 3.05) is 13.1 Å². The lowest BCUT2D eigenvalue weighted by Crippen LogP contribution is -2.63. The van der Waals surface area contributed by atoms with Crippen molar-refractivity contribution in [3.05, 3.63) is 27.9 Å². The number of hydrogen-bond donors (Lipinski definition) is 1. The number of β-amino-alcohol motifs (C(OH)–C–C–N with tert-alkyl or cyclic N) is 1. The summed E-state index contributed by atoms with van der Waals surface area (Å²) in [6.07, 6.45) is 1.01. The molecule has 1 saturated heterocycles. The highest BCUT2D eigenvalue weighted by molar-refractivity contribution is 7.14. The normalized spacial score (nSPS) is 17.0. The Kier molecular flexibility index (Phi) is 3.62. The van der Waals surface area contributed by atoms with Gasteiger partial charge >= 0.3 is 0 Å². The monoisotopic (exact) mass is 308 g/mol. The molecule has 20 heavy (non-hydrogen) atoms. The fourth-order valence-electron chi connectivity index (χ4n) is 2.24. The van der Waals surface area contributed by atoms with Gasteiger partial charge in [-0.05, 0) is 17.9 Å². The van der Waals surface area contributed by atoms with Crippen molar-refractivity contribution < 1.29 is 9.90 Å². The fraction of sp³-hybridized carbons (Fsp3) is 0.429. The smallest absolute Gasteiger partial charge is 0.228 e. The van der Waals surface area contributed by atoms with Crippen molar-refractivity contribution in [2.24, 2.45) is 0 Å². The predicted molar refractivity (Wildman–Crippen MR) is 81.0 cm³/mol. The van der Waals surface area contributed by atoms with Gasteiger partial charge in [0.1, 0.15) is 5.01 Å². The summed E-state index contributed by atoms with van der Waals surface area (Å²) in [5.74, 6) is 0.0466. The summed E-state index contributed by atoms with van der Waals surface area (Å²) in [7, 11) is 0. The molecule has 1 aliphatic heterocycles. The van der Waals surface area contributed by atoms with Crippen LogP contribution in [-0.4, -0.2) is 39.6 Å². The summed E-state index contributed by atoms with van der Waals surface area (Å²) in [6.45, 7) is 2.84. The zero-order chi connectivity index (χ0) is 14.2. The summed E-state index contributed by atoms with van der Waals surface area (Å²) in [4.78, 5) is 18.3. The summed E-state index contributed by atoms with van der Waals surface area (Å²) >= 11 is 3.21. The van der Waals surface area contributed by atoms with Crippen LogP contribution in [0.25, 0.3) is 10.6 Å². The van der Waals surface area contributed by atoms with E-state index in [0.29, 0.717) is 25.9 Å². The highest BCUT2D eigenvalue weighted by atomic mass is 32.1. The molecule has 3 heterocycles. The van der Waals surface area contributed by atoms with Crippen LogP contribution in [0.1, 0.15) is 19.0 Å². The Morgan fingerprint density at radius 2 is 2.30 bits per heavy atom. The number of aliphatic hydroxyl groups is 1. The van der Waals surface area contributed by atoms with Gasteiger partial charge in [-0.1, -0.05) is 6.92 Å². The van der Waals surface area contributed by atoms with E-state index in [0.717, 1.165) is 16.3 Å². The lowest BCUT2D eigenvalue weighted by molar-refractivity contribution is -0.155. The van der Waals surface area contributed by atoms with E-state index in [-0.39, 0.29) is 5.91 Å². The van der Waals surface area contributed by atoms with E-state index in [1.165, 1.54) is 0 Å². The number of rotatable bonds is 4. The van der Waals surface area contributed by atoms with Crippen molar-refractivity contribution in [3.63, 3.8) is 0 Å². The molecule has 6 heteroatoms. The summed E-state index contributed by atoms with van der Waals surface area (Å²) in [5.41, 5.74) is 1.26. The molecule has 2 aromatic heterocycles. The van der Waals surface area contributed by atoms with E-state index >= 15 is 0 Å². The minimum absolute atomic E-state index is 0.0466. The molecule has 0 spiro atoms. The molecule has 0 aromatic carbocycles. The van der Waals surface area contributed by atoms with Gasteiger partial charge in [-0.3, -0.25) is 4.79 Å². The first-order chi connectivity index (χ1) is 9.59. The molecule has 1 amide bonds. The summed E-state index contributed by atoms with van der Waals surface area (Å²) < 4.78 is 0. The lowest BCUT2D eigenvalue weighted by atomic mass is 9.91. The third kappa shape index (κ3) is 2.63. The summed E-state index contributed by atoms with van der Waals surface area (Å²) in [5, 5.41) is 16.9. The van der Waals surface area contributed by atoms with E-state index in [2.05, 4.69) is 10.4 Å². The molecule has 0 radical (unpaired) electrons. The number of nitrogens with zero attached hydrogens (tertiary/aromatic N) is 2. The van der Waals surface area contributed by atoms with E-state index in [9.17, 15) is 9.90 Å². The molecule has 0 saturated carbocycles. The van der Waals surface area contributed by atoms with Gasteiger partial charge in [0.25, 0.3) is 0 Å². The number of aromatic nitrogens is 1. The van der Waals surface area contributed by atoms with Crippen LogP contribution in [0.2, 0.25) is 0 Å². The van der Waals surface area contributed by atoms with E-state index in [1.54, 1.807) is 27.6 Å². The zero-order valence-corrected chi connectivity index (χ0v) is 12.8. The molecule has 0 bridgehead atoms. The number of likely N-dealkylation sites (tertiary alicyclic amines) is 1. The molecule has 0 aliphatic carbocycles. The minimum Gasteiger partial charge on any atom is -0.386 e. The van der Waals surface area contributed by atoms with Gasteiger partial charge in [0.2, 0.25) is 5.91 Å². The van der Waals surface area contributed by atoms with E-state index in [4.69, 9.17) is 0 Å². The highest BCUT2D eigenvalue weighted by Crippen LogP contribution is 2.27. The van der Waals surface area contributed by atoms with Crippen LogP contribution >= 0.6 is 22.7 Å². The Morgan fingerprint density at radius 1 is 1.50 bits per heavy atom. The quantitative estimate of drug-likeness (QED) is 0.943. The minimum atomic E-state index is -0.667. The number of thiophene rings is 1. The Morgan fingerprint density at radius 3 is 2.95 bits per heavy atom. The van der Waals surface area contributed by atoms with Crippen LogP contribution in [0, 0.1) is 0 Å². The van der Waals surface area contributed by atoms with Crippen molar-refractivity contribution in [2.45, 2.75) is 25.4 Å². The maximum absolute atomic E-state index is 12.1. The molecular formula is C14H16N2O2S2. The maximum Gasteiger partial charge on any atom is 0.228 e. The number of hydrogen-bond acceptors (Lipinski definition) is 5. The Bertz CT molecular complexity index is 600. The highest BCUT2D eigenvalue weighted by Gasteiger charge is 2.41. The maximum atomic E-state index is 12.1. The van der Waals surface area contributed by atoms with Crippen LogP contribution < -0.4 is 0 Å². The standard InChI is InChI=1S/C14H16N2O2S2/c1-2-14(18)8-16(9-14)12(17)5-11-7-20-13(15-11)10-3-4-19-6-10/h3-4,6-7,18H,2,5,8-9H2,1H3. The molecule has 0 atom stereocenters. The number of carbonyl (C=O) groups is 1. The van der Waals surface area contributed by atoms with Gasteiger partial charge in [-0.2, -0.15) is 11.3 Å². The van der Waals surface area contributed by atoms with E-state index in [1.807, 2.05) is 23.8 Å². The average molecular weight is 308 g/mol. The number of carbonyl (C=O) groups excluding carboxylic acids is 1. The van der Waals surface area contributed by atoms with Gasteiger partial charge in [-0.25, -0.2) is 4.98 Å². The second kappa shape index (κ2) is 5.27. The molecule has 106 valence electrons. The van der Waals surface area contributed by atoms with Gasteiger partial charge in [-0.15, -0.1) is 11.3 Å². The molecule has 0 unspecified atom stereocenters. The molecule has 2 aromatic rings. The first kappa shape index (κ1) is 13.7. The average Bonchev–Trinajstić information content (AvgIpc) is 3.04. The summed E-state index contributed by atoms with van der Waals surface area (Å²) in [6, 6.07) is 2.03. The zero-order valence-electron chi connectivity index (χ0n) is 11.2. The predicted octanol–water partition coefficient (Wildman–Crippen LogP) is 2.40. The fourth-order valence-corrected chi connectivity index (χ4v) is 3.77. The molecular weight excluding hydrogens is 292 g/mol. The Balaban J connectivity index is 1.60. The van der Waals surface area contributed by atoms with Crippen molar-refractivity contribution in [1.29, 1.82) is 0 Å². The van der Waals surface area contributed by atoms with Crippen molar-refractivity contribution in [1.82, 2.24) is 9.88 Å². The second-order valence-corrected chi connectivity index (χ2v) is 6.80. The van der Waals surface area contributed by atoms with Crippen LogP contribution in [-0.2, 0) is 11.2 Å². The van der Waals surface area contributed by atoms with Crippen LogP contribution in [0.5, 0.6) is 0 Å².